The van der Waals surface area contributed by atoms with Crippen molar-refractivity contribution in [3.05, 3.63) is 94.6 Å². The summed E-state index contributed by atoms with van der Waals surface area (Å²) in [6.45, 7) is 0.392. The van der Waals surface area contributed by atoms with Gasteiger partial charge in [-0.15, -0.1) is 0 Å². The highest BCUT2D eigenvalue weighted by molar-refractivity contribution is 7.89. The number of hydrogen-bond donors (Lipinski definition) is 2. The maximum atomic E-state index is 11.4. The number of rotatable bonds is 4. The summed E-state index contributed by atoms with van der Waals surface area (Å²) in [6.07, 6.45) is 2.46. The number of fused-ring (bicyclic) bond motifs is 1. The minimum atomic E-state index is -3.73. The number of benzene rings is 3. The van der Waals surface area contributed by atoms with Crippen molar-refractivity contribution in [2.75, 3.05) is 0 Å². The molecular weight excluding hydrogens is 432 g/mol. The first kappa shape index (κ1) is 21.0. The van der Waals surface area contributed by atoms with Crippen LogP contribution in [0, 0.1) is 11.8 Å². The molecule has 0 atom stereocenters. The van der Waals surface area contributed by atoms with Crippen LogP contribution in [-0.2, 0) is 23.0 Å². The monoisotopic (exact) mass is 450 g/mol. The molecule has 0 amide bonds. The lowest BCUT2D eigenvalue weighted by Crippen LogP contribution is -2.12. The summed E-state index contributed by atoms with van der Waals surface area (Å²) in [6, 6.07) is 19.5. The van der Waals surface area contributed by atoms with Crippen LogP contribution in [0.15, 0.2) is 77.8 Å². The molecule has 0 fully saturated rings. The fourth-order valence-electron chi connectivity index (χ4n) is 3.28. The Labute approximate surface area is 185 Å². The fraction of sp³-hybridized carbons (Fsp3) is 0.0833. The standard InChI is InChI=1S/C24H19ClN2O3S/c25-21-10-5-17(6-11-21)2-1-3-18-4-9-20-16-27(24(28)23(20)14-18)15-19-7-12-22(13-8-19)31(26,29)30/h4-14,16,28H,2,15H2,(H2,26,29,30). The zero-order chi connectivity index (χ0) is 22.0. The smallest absolute Gasteiger partial charge is 0.238 e. The van der Waals surface area contributed by atoms with Crippen LogP contribution in [0.2, 0.25) is 5.02 Å². The molecule has 1 aromatic heterocycles. The lowest BCUT2D eigenvalue weighted by molar-refractivity contribution is 0.430. The second-order valence-corrected chi connectivity index (χ2v) is 9.17. The summed E-state index contributed by atoms with van der Waals surface area (Å²) in [5.74, 6) is 6.41. The Morgan fingerprint density at radius 2 is 1.65 bits per heavy atom. The quantitative estimate of drug-likeness (QED) is 0.455. The van der Waals surface area contributed by atoms with E-state index in [0.717, 1.165) is 22.1 Å². The van der Waals surface area contributed by atoms with Gasteiger partial charge in [-0.1, -0.05) is 53.8 Å². The van der Waals surface area contributed by atoms with E-state index in [1.54, 1.807) is 16.7 Å². The lowest BCUT2D eigenvalue weighted by atomic mass is 10.1. The van der Waals surface area contributed by atoms with Crippen LogP contribution >= 0.6 is 11.6 Å². The third-order valence-electron chi connectivity index (χ3n) is 4.90. The van der Waals surface area contributed by atoms with Crippen LogP contribution in [0.25, 0.3) is 10.8 Å². The van der Waals surface area contributed by atoms with Crippen molar-refractivity contribution >= 4 is 32.4 Å². The Balaban J connectivity index is 1.54. The van der Waals surface area contributed by atoms with Gasteiger partial charge < -0.3 is 9.67 Å². The maximum Gasteiger partial charge on any atom is 0.238 e. The van der Waals surface area contributed by atoms with Crippen molar-refractivity contribution < 1.29 is 13.5 Å². The van der Waals surface area contributed by atoms with Crippen LogP contribution < -0.4 is 5.14 Å². The average Bonchev–Trinajstić information content (AvgIpc) is 3.04. The van der Waals surface area contributed by atoms with Gasteiger partial charge in [0.2, 0.25) is 10.0 Å². The summed E-state index contributed by atoms with van der Waals surface area (Å²) in [5, 5.41) is 18.1. The molecule has 7 heteroatoms. The highest BCUT2D eigenvalue weighted by Crippen LogP contribution is 2.29. The van der Waals surface area contributed by atoms with Crippen molar-refractivity contribution in [2.24, 2.45) is 5.14 Å². The van der Waals surface area contributed by atoms with Gasteiger partial charge in [0.05, 0.1) is 11.4 Å². The SMILES string of the molecule is NS(=O)(=O)c1ccc(Cn2cc3ccc(C#CCc4ccc(Cl)cc4)cc3c2O)cc1. The highest BCUT2D eigenvalue weighted by atomic mass is 35.5. The van der Waals surface area contributed by atoms with Gasteiger partial charge in [-0.05, 0) is 47.5 Å². The first-order valence-corrected chi connectivity index (χ1v) is 11.4. The molecule has 0 saturated heterocycles. The number of sulfonamides is 1. The molecule has 0 saturated carbocycles. The molecule has 156 valence electrons. The molecule has 4 aromatic rings. The predicted molar refractivity (Wildman–Crippen MR) is 123 cm³/mol. The van der Waals surface area contributed by atoms with E-state index in [0.29, 0.717) is 23.4 Å². The largest absolute Gasteiger partial charge is 0.494 e. The van der Waals surface area contributed by atoms with Crippen molar-refractivity contribution in [1.29, 1.82) is 0 Å². The van der Waals surface area contributed by atoms with E-state index in [2.05, 4.69) is 11.8 Å². The number of nitrogens with zero attached hydrogens (tertiary/aromatic N) is 1. The molecule has 3 N–H and O–H groups in total. The summed E-state index contributed by atoms with van der Waals surface area (Å²) >= 11 is 5.90. The van der Waals surface area contributed by atoms with E-state index >= 15 is 0 Å². The molecule has 0 bridgehead atoms. The van der Waals surface area contributed by atoms with E-state index in [-0.39, 0.29) is 10.8 Å². The van der Waals surface area contributed by atoms with Crippen molar-refractivity contribution in [2.45, 2.75) is 17.9 Å². The van der Waals surface area contributed by atoms with Gasteiger partial charge in [0.25, 0.3) is 0 Å². The van der Waals surface area contributed by atoms with E-state index in [1.807, 2.05) is 48.7 Å². The van der Waals surface area contributed by atoms with E-state index in [9.17, 15) is 13.5 Å². The molecule has 31 heavy (non-hydrogen) atoms. The summed E-state index contributed by atoms with van der Waals surface area (Å²) in [5.41, 5.74) is 2.73. The summed E-state index contributed by atoms with van der Waals surface area (Å²) < 4.78 is 24.5. The van der Waals surface area contributed by atoms with Gasteiger partial charge in [0, 0.05) is 34.0 Å². The van der Waals surface area contributed by atoms with Gasteiger partial charge in [0.1, 0.15) is 0 Å². The topological polar surface area (TPSA) is 85.3 Å². The first-order chi connectivity index (χ1) is 14.8. The Morgan fingerprint density at radius 3 is 2.32 bits per heavy atom. The molecule has 4 rings (SSSR count). The van der Waals surface area contributed by atoms with Crippen LogP contribution in [0.5, 0.6) is 5.88 Å². The molecule has 1 heterocycles. The van der Waals surface area contributed by atoms with Crippen molar-refractivity contribution in [3.8, 4) is 17.7 Å². The third kappa shape index (κ3) is 4.92. The maximum absolute atomic E-state index is 11.4. The minimum absolute atomic E-state index is 0.0555. The summed E-state index contributed by atoms with van der Waals surface area (Å²) in [7, 11) is -3.73. The number of aromatic nitrogens is 1. The predicted octanol–water partition coefficient (Wildman–Crippen LogP) is 4.29. The Bertz CT molecular complexity index is 1410. The Morgan fingerprint density at radius 1 is 0.968 bits per heavy atom. The molecular formula is C24H19ClN2O3S. The highest BCUT2D eigenvalue weighted by Gasteiger charge is 2.11. The molecule has 0 unspecified atom stereocenters. The third-order valence-corrected chi connectivity index (χ3v) is 6.09. The number of hydrogen-bond acceptors (Lipinski definition) is 3. The van der Waals surface area contributed by atoms with Crippen LogP contribution in [-0.4, -0.2) is 18.1 Å². The summed E-state index contributed by atoms with van der Waals surface area (Å²) in [4.78, 5) is 0.0555. The molecule has 5 nitrogen and oxygen atoms in total. The minimum Gasteiger partial charge on any atom is -0.494 e. The van der Waals surface area contributed by atoms with Crippen LogP contribution in [0.1, 0.15) is 16.7 Å². The second-order valence-electron chi connectivity index (χ2n) is 7.18. The van der Waals surface area contributed by atoms with Crippen LogP contribution in [0.3, 0.4) is 0 Å². The van der Waals surface area contributed by atoms with E-state index < -0.39 is 10.0 Å². The molecule has 0 radical (unpaired) electrons. The molecule has 3 aromatic carbocycles. The van der Waals surface area contributed by atoms with E-state index in [1.165, 1.54) is 12.1 Å². The van der Waals surface area contributed by atoms with Gasteiger partial charge in [-0.2, -0.15) is 0 Å². The molecule has 0 aliphatic carbocycles. The normalized spacial score (nSPS) is 11.3. The van der Waals surface area contributed by atoms with Gasteiger partial charge in [0.15, 0.2) is 5.88 Å². The average molecular weight is 451 g/mol. The fourth-order valence-corrected chi connectivity index (χ4v) is 3.92. The number of primary sulfonamides is 1. The van der Waals surface area contributed by atoms with Gasteiger partial charge >= 0.3 is 0 Å². The number of halogens is 1. The van der Waals surface area contributed by atoms with Crippen LogP contribution in [0.4, 0.5) is 0 Å². The van der Waals surface area contributed by atoms with Crippen molar-refractivity contribution in [1.82, 2.24) is 4.57 Å². The van der Waals surface area contributed by atoms with Crippen molar-refractivity contribution in [3.63, 3.8) is 0 Å². The Hall–Kier alpha value is -3.24. The molecule has 0 spiro atoms. The zero-order valence-corrected chi connectivity index (χ0v) is 18.0. The zero-order valence-electron chi connectivity index (χ0n) is 16.4. The molecule has 0 aliphatic heterocycles. The second kappa shape index (κ2) is 8.48. The Kier molecular flexibility index (Phi) is 5.75. The number of nitrogens with two attached hydrogens (primary N) is 1. The van der Waals surface area contributed by atoms with Gasteiger partial charge in [-0.25, -0.2) is 13.6 Å². The van der Waals surface area contributed by atoms with Gasteiger partial charge in [-0.3, -0.25) is 0 Å². The lowest BCUT2D eigenvalue weighted by Gasteiger charge is -2.06. The van der Waals surface area contributed by atoms with E-state index in [4.69, 9.17) is 16.7 Å². The first-order valence-electron chi connectivity index (χ1n) is 9.46. The number of aromatic hydroxyl groups is 1. The molecule has 0 aliphatic rings.